The minimum Gasteiger partial charge on any atom is -0.320 e. The quantitative estimate of drug-likeness (QED) is 0.707. The molecule has 0 aromatic heterocycles. The first kappa shape index (κ1) is 16.9. The van der Waals surface area contributed by atoms with Crippen LogP contribution in [-0.2, 0) is 19.9 Å². The Hall–Kier alpha value is -3.06. The molecule has 3 fully saturated rings. The van der Waals surface area contributed by atoms with Crippen molar-refractivity contribution in [2.24, 2.45) is 11.8 Å². The zero-order chi connectivity index (χ0) is 19.9. The predicted molar refractivity (Wildman–Crippen MR) is 101 cm³/mol. The van der Waals surface area contributed by atoms with Crippen molar-refractivity contribution in [1.29, 1.82) is 0 Å². The van der Waals surface area contributed by atoms with E-state index in [1.54, 1.807) is 30.3 Å². The van der Waals surface area contributed by atoms with Crippen molar-refractivity contribution in [2.45, 2.75) is 24.4 Å². The third-order valence-electron chi connectivity index (χ3n) is 7.19. The molecule has 4 heterocycles. The molecule has 1 spiro atoms. The van der Waals surface area contributed by atoms with Gasteiger partial charge in [-0.15, -0.1) is 0 Å². The smallest absolute Gasteiger partial charge is 0.291 e. The average Bonchev–Trinajstić information content (AvgIpc) is 3.41. The van der Waals surface area contributed by atoms with Crippen molar-refractivity contribution in [1.82, 2.24) is 0 Å². The summed E-state index contributed by atoms with van der Waals surface area (Å²) in [5.41, 5.74) is 0.311. The fraction of sp³-hybridized carbons (Fsp3) is 0.318. The molecule has 3 saturated heterocycles. The van der Waals surface area contributed by atoms with Gasteiger partial charge in [0.25, 0.3) is 5.91 Å². The van der Waals surface area contributed by atoms with Gasteiger partial charge < -0.3 is 10.2 Å². The molecule has 0 aliphatic carbocycles. The fourth-order valence-corrected chi connectivity index (χ4v) is 6.26. The maximum Gasteiger partial charge on any atom is 0.291 e. The first-order valence-corrected chi connectivity index (χ1v) is 9.95. The van der Waals surface area contributed by atoms with Gasteiger partial charge in [-0.1, -0.05) is 18.2 Å². The van der Waals surface area contributed by atoms with Gasteiger partial charge in [0.1, 0.15) is 23.7 Å². The van der Waals surface area contributed by atoms with Crippen molar-refractivity contribution in [3.63, 3.8) is 0 Å². The number of hydrogen-bond donors (Lipinski definition) is 2. The molecule has 4 aliphatic heterocycles. The summed E-state index contributed by atoms with van der Waals surface area (Å²) in [6.45, 7) is 0.687. The number of carbonyl (C=O) groups is 3. The van der Waals surface area contributed by atoms with E-state index in [4.69, 9.17) is 0 Å². The summed E-state index contributed by atoms with van der Waals surface area (Å²) in [4.78, 5) is 42.7. The molecule has 2 aromatic carbocycles. The number of fused-ring (bicyclic) bond motifs is 7. The number of para-hydroxylation sites is 1. The van der Waals surface area contributed by atoms with Crippen molar-refractivity contribution < 1.29 is 23.7 Å². The molecule has 5 atom stereocenters. The molecule has 7 heteroatoms. The molecule has 1 unspecified atom stereocenters. The Morgan fingerprint density at radius 1 is 1.07 bits per heavy atom. The van der Waals surface area contributed by atoms with Gasteiger partial charge in [-0.05, 0) is 30.3 Å². The largest absolute Gasteiger partial charge is 0.320 e. The molecule has 6 rings (SSSR count). The Kier molecular flexibility index (Phi) is 3.20. The summed E-state index contributed by atoms with van der Waals surface area (Å²) in [5.74, 6) is -2.75. The summed E-state index contributed by atoms with van der Waals surface area (Å²) < 4.78 is 14.2. The van der Waals surface area contributed by atoms with Crippen LogP contribution in [0.5, 0.6) is 0 Å². The Balaban J connectivity index is 1.58. The van der Waals surface area contributed by atoms with Crippen LogP contribution in [0.4, 0.5) is 15.8 Å². The van der Waals surface area contributed by atoms with E-state index in [1.807, 2.05) is 6.07 Å². The third-order valence-corrected chi connectivity index (χ3v) is 7.19. The van der Waals surface area contributed by atoms with Crippen LogP contribution < -0.4 is 15.1 Å². The summed E-state index contributed by atoms with van der Waals surface area (Å²) in [7, 11) is 0. The number of amides is 3. The molecule has 2 N–H and O–H groups in total. The van der Waals surface area contributed by atoms with Gasteiger partial charge in [-0.3, -0.25) is 14.4 Å². The first-order chi connectivity index (χ1) is 14.0. The summed E-state index contributed by atoms with van der Waals surface area (Å²) in [6.07, 6.45) is 1.65. The second-order valence-electron chi connectivity index (χ2n) is 8.33. The normalized spacial score (nSPS) is 34.5. The summed E-state index contributed by atoms with van der Waals surface area (Å²) >= 11 is 0. The average molecular weight is 392 g/mol. The molecular weight excluding hydrogens is 373 g/mol. The zero-order valence-corrected chi connectivity index (χ0v) is 15.5. The number of imide groups is 1. The Morgan fingerprint density at radius 2 is 1.86 bits per heavy atom. The second kappa shape index (κ2) is 5.51. The number of nitrogens with one attached hydrogen (secondary N) is 2. The van der Waals surface area contributed by atoms with Gasteiger partial charge in [0.2, 0.25) is 17.4 Å². The minimum atomic E-state index is -1.25. The highest BCUT2D eigenvalue weighted by molar-refractivity contribution is 6.25. The SMILES string of the molecule is O=C1[C@@H]2[C@@H]3CCC[NH+]3[C@@]3(C(=O)Nc4ccc(F)cc43)[C@H]2C(=O)N1c1ccccc1. The Labute approximate surface area is 166 Å². The van der Waals surface area contributed by atoms with E-state index in [-0.39, 0.29) is 23.8 Å². The highest BCUT2D eigenvalue weighted by Gasteiger charge is 2.78. The van der Waals surface area contributed by atoms with Gasteiger partial charge >= 0.3 is 0 Å². The van der Waals surface area contributed by atoms with Crippen molar-refractivity contribution in [2.75, 3.05) is 16.8 Å². The third kappa shape index (κ3) is 1.86. The maximum atomic E-state index is 14.2. The molecule has 0 bridgehead atoms. The molecule has 0 saturated carbocycles. The van der Waals surface area contributed by atoms with E-state index in [2.05, 4.69) is 5.32 Å². The van der Waals surface area contributed by atoms with Gasteiger partial charge in [-0.2, -0.15) is 0 Å². The Morgan fingerprint density at radius 3 is 2.66 bits per heavy atom. The van der Waals surface area contributed by atoms with Gasteiger partial charge in [-0.25, -0.2) is 9.29 Å². The van der Waals surface area contributed by atoms with Crippen molar-refractivity contribution >= 4 is 29.1 Å². The van der Waals surface area contributed by atoms with Crippen LogP contribution in [0, 0.1) is 17.7 Å². The minimum absolute atomic E-state index is 0.120. The standard InChI is InChI=1S/C22H18FN3O3/c23-12-8-9-15-14(11-12)22(21(29)24-15)18-17(16-7-4-10-25(16)22)19(27)26(20(18)28)13-5-2-1-3-6-13/h1-3,5-6,8-9,11,16-18H,4,7,10H2,(H,24,29)/p+1/t16-,17+,18+,22+/m0/s1. The molecular formula is C22H19FN3O3+. The van der Waals surface area contributed by atoms with Gasteiger partial charge in [0, 0.05) is 18.4 Å². The van der Waals surface area contributed by atoms with Crippen LogP contribution in [0.25, 0.3) is 0 Å². The van der Waals surface area contributed by atoms with Crippen LogP contribution in [0.1, 0.15) is 18.4 Å². The molecule has 146 valence electrons. The number of nitrogens with zero attached hydrogens (tertiary/aromatic N) is 1. The monoisotopic (exact) mass is 392 g/mol. The van der Waals surface area contributed by atoms with Crippen LogP contribution in [0.2, 0.25) is 0 Å². The molecule has 29 heavy (non-hydrogen) atoms. The highest BCUT2D eigenvalue weighted by Crippen LogP contribution is 2.52. The first-order valence-electron chi connectivity index (χ1n) is 9.95. The summed E-state index contributed by atoms with van der Waals surface area (Å²) in [6, 6.07) is 12.9. The topological polar surface area (TPSA) is 70.9 Å². The lowest BCUT2D eigenvalue weighted by atomic mass is 9.75. The van der Waals surface area contributed by atoms with Crippen molar-refractivity contribution in [3.8, 4) is 0 Å². The number of halogens is 1. The molecule has 4 aliphatic rings. The van der Waals surface area contributed by atoms with Gasteiger partial charge in [0.05, 0.1) is 17.9 Å². The van der Waals surface area contributed by atoms with Crippen LogP contribution >= 0.6 is 0 Å². The maximum absolute atomic E-state index is 14.2. The number of benzene rings is 2. The second-order valence-corrected chi connectivity index (χ2v) is 8.33. The zero-order valence-electron chi connectivity index (χ0n) is 15.5. The number of anilines is 2. The van der Waals surface area contributed by atoms with E-state index >= 15 is 0 Å². The molecule has 0 radical (unpaired) electrons. The lowest BCUT2D eigenvalue weighted by molar-refractivity contribution is -0.948. The van der Waals surface area contributed by atoms with E-state index in [0.717, 1.165) is 17.7 Å². The van der Waals surface area contributed by atoms with Crippen LogP contribution in [0.3, 0.4) is 0 Å². The van der Waals surface area contributed by atoms with E-state index in [0.29, 0.717) is 23.5 Å². The summed E-state index contributed by atoms with van der Waals surface area (Å²) in [5, 5.41) is 2.86. The van der Waals surface area contributed by atoms with Crippen LogP contribution in [0.15, 0.2) is 48.5 Å². The van der Waals surface area contributed by atoms with Crippen LogP contribution in [-0.4, -0.2) is 30.3 Å². The number of rotatable bonds is 1. The molecule has 3 amide bonds. The number of hydrogen-bond acceptors (Lipinski definition) is 3. The lowest BCUT2D eigenvalue weighted by Crippen LogP contribution is -3.19. The van der Waals surface area contributed by atoms with E-state index in [9.17, 15) is 18.8 Å². The van der Waals surface area contributed by atoms with E-state index < -0.39 is 23.2 Å². The number of carbonyl (C=O) groups excluding carboxylic acids is 3. The Bertz CT molecular complexity index is 1090. The number of quaternary nitrogens is 1. The van der Waals surface area contributed by atoms with E-state index in [1.165, 1.54) is 17.0 Å². The van der Waals surface area contributed by atoms with Gasteiger partial charge in [0.15, 0.2) is 0 Å². The molecule has 6 nitrogen and oxygen atoms in total. The fourth-order valence-electron chi connectivity index (χ4n) is 6.26. The predicted octanol–water partition coefficient (Wildman–Crippen LogP) is 0.840. The molecule has 2 aromatic rings. The van der Waals surface area contributed by atoms with Crippen molar-refractivity contribution in [3.05, 3.63) is 59.9 Å². The lowest BCUT2D eigenvalue weighted by Gasteiger charge is -2.33. The highest BCUT2D eigenvalue weighted by atomic mass is 19.1.